The topological polar surface area (TPSA) is 38.0 Å². The van der Waals surface area contributed by atoms with Gasteiger partial charge in [0.2, 0.25) is 0 Å². The van der Waals surface area contributed by atoms with Gasteiger partial charge in [-0.3, -0.25) is 4.68 Å². The number of nitrogens with zero attached hydrogens (tertiary/aromatic N) is 2. The summed E-state index contributed by atoms with van der Waals surface area (Å²) < 4.78 is 1.72. The fourth-order valence-corrected chi connectivity index (χ4v) is 3.02. The Kier molecular flexibility index (Phi) is 4.10. The molecule has 1 aliphatic rings. The number of hydrogen-bond donors (Lipinski definition) is 1. The number of aliphatic hydroxyl groups is 1. The monoisotopic (exact) mass is 256 g/mol. The molecule has 2 rings (SSSR count). The SMILES string of the molecule is Cc1nn(C)c(Cl)c1CC1CCCCCC1O. The van der Waals surface area contributed by atoms with E-state index in [1.807, 2.05) is 14.0 Å². The molecule has 96 valence electrons. The van der Waals surface area contributed by atoms with E-state index < -0.39 is 0 Å². The zero-order valence-electron chi connectivity index (χ0n) is 10.6. The van der Waals surface area contributed by atoms with Gasteiger partial charge in [0.1, 0.15) is 5.15 Å². The molecule has 1 saturated carbocycles. The van der Waals surface area contributed by atoms with Gasteiger partial charge in [-0.2, -0.15) is 5.10 Å². The van der Waals surface area contributed by atoms with Crippen LogP contribution >= 0.6 is 11.6 Å². The lowest BCUT2D eigenvalue weighted by Crippen LogP contribution is -2.21. The quantitative estimate of drug-likeness (QED) is 0.827. The first kappa shape index (κ1) is 12.9. The zero-order chi connectivity index (χ0) is 12.4. The molecule has 1 aromatic heterocycles. The van der Waals surface area contributed by atoms with Gasteiger partial charge in [0.25, 0.3) is 0 Å². The van der Waals surface area contributed by atoms with E-state index in [0.717, 1.165) is 42.1 Å². The molecule has 17 heavy (non-hydrogen) atoms. The minimum atomic E-state index is -0.173. The second kappa shape index (κ2) is 5.40. The van der Waals surface area contributed by atoms with E-state index in [4.69, 9.17) is 11.6 Å². The largest absolute Gasteiger partial charge is 0.393 e. The average molecular weight is 257 g/mol. The molecule has 0 radical (unpaired) electrons. The van der Waals surface area contributed by atoms with Gasteiger partial charge in [0, 0.05) is 12.6 Å². The van der Waals surface area contributed by atoms with Crippen molar-refractivity contribution in [1.82, 2.24) is 9.78 Å². The first-order valence-electron chi connectivity index (χ1n) is 6.45. The van der Waals surface area contributed by atoms with Gasteiger partial charge in [-0.25, -0.2) is 0 Å². The lowest BCUT2D eigenvalue weighted by Gasteiger charge is -2.20. The molecule has 0 amide bonds. The van der Waals surface area contributed by atoms with Gasteiger partial charge >= 0.3 is 0 Å². The van der Waals surface area contributed by atoms with Crippen molar-refractivity contribution in [1.29, 1.82) is 0 Å². The van der Waals surface area contributed by atoms with Crippen molar-refractivity contribution in [3.8, 4) is 0 Å². The Morgan fingerprint density at radius 1 is 1.35 bits per heavy atom. The molecule has 0 saturated heterocycles. The number of hydrogen-bond acceptors (Lipinski definition) is 2. The summed E-state index contributed by atoms with van der Waals surface area (Å²) in [4.78, 5) is 0. The van der Waals surface area contributed by atoms with E-state index in [9.17, 15) is 5.11 Å². The van der Waals surface area contributed by atoms with Crippen molar-refractivity contribution in [3.63, 3.8) is 0 Å². The van der Waals surface area contributed by atoms with E-state index in [0.29, 0.717) is 5.92 Å². The van der Waals surface area contributed by atoms with Crippen LogP contribution in [0, 0.1) is 12.8 Å². The molecule has 2 unspecified atom stereocenters. The van der Waals surface area contributed by atoms with Crippen molar-refractivity contribution >= 4 is 11.6 Å². The highest BCUT2D eigenvalue weighted by atomic mass is 35.5. The summed E-state index contributed by atoms with van der Waals surface area (Å²) in [5, 5.41) is 15.2. The summed E-state index contributed by atoms with van der Waals surface area (Å²) in [5.74, 6) is 0.345. The minimum absolute atomic E-state index is 0.173. The van der Waals surface area contributed by atoms with Crippen LogP contribution in [0.1, 0.15) is 43.4 Å². The van der Waals surface area contributed by atoms with E-state index in [-0.39, 0.29) is 6.10 Å². The summed E-state index contributed by atoms with van der Waals surface area (Å²) in [6, 6.07) is 0. The van der Waals surface area contributed by atoms with E-state index >= 15 is 0 Å². The van der Waals surface area contributed by atoms with E-state index in [2.05, 4.69) is 5.10 Å². The lowest BCUT2D eigenvalue weighted by atomic mass is 9.90. The van der Waals surface area contributed by atoms with Crippen molar-refractivity contribution < 1.29 is 5.11 Å². The second-order valence-corrected chi connectivity index (χ2v) is 5.51. The molecule has 1 fully saturated rings. The number of halogens is 1. The standard InChI is InChI=1S/C13H21ClN2O/c1-9-11(13(14)16(2)15-9)8-10-6-4-3-5-7-12(10)17/h10,12,17H,3-8H2,1-2H3. The first-order chi connectivity index (χ1) is 8.09. The number of rotatable bonds is 2. The predicted molar refractivity (Wildman–Crippen MR) is 69.2 cm³/mol. The van der Waals surface area contributed by atoms with Crippen molar-refractivity contribution in [2.24, 2.45) is 13.0 Å². The molecule has 2 atom stereocenters. The molecule has 0 spiro atoms. The maximum absolute atomic E-state index is 10.1. The van der Waals surface area contributed by atoms with Crippen LogP contribution in [0.4, 0.5) is 0 Å². The maximum atomic E-state index is 10.1. The summed E-state index contributed by atoms with van der Waals surface area (Å²) in [6.07, 6.45) is 6.34. The molecule has 1 aliphatic carbocycles. The third-order valence-corrected chi connectivity index (χ3v) is 4.33. The molecular weight excluding hydrogens is 236 g/mol. The van der Waals surface area contributed by atoms with Gasteiger partial charge < -0.3 is 5.11 Å². The Labute approximate surface area is 108 Å². The summed E-state index contributed by atoms with van der Waals surface area (Å²) >= 11 is 6.24. The Hall–Kier alpha value is -0.540. The highest BCUT2D eigenvalue weighted by Gasteiger charge is 2.24. The van der Waals surface area contributed by atoms with Crippen molar-refractivity contribution in [3.05, 3.63) is 16.4 Å². The first-order valence-corrected chi connectivity index (χ1v) is 6.83. The number of aryl methyl sites for hydroxylation is 2. The fourth-order valence-electron chi connectivity index (χ4n) is 2.77. The summed E-state index contributed by atoms with van der Waals surface area (Å²) in [6.45, 7) is 1.99. The van der Waals surface area contributed by atoms with Gasteiger partial charge in [-0.05, 0) is 32.1 Å². The molecule has 1 N–H and O–H groups in total. The molecule has 0 aromatic carbocycles. The maximum Gasteiger partial charge on any atom is 0.130 e. The van der Waals surface area contributed by atoms with Crippen LogP contribution in [0.2, 0.25) is 5.15 Å². The number of aliphatic hydroxyl groups excluding tert-OH is 1. The molecule has 0 aliphatic heterocycles. The molecule has 3 nitrogen and oxygen atoms in total. The van der Waals surface area contributed by atoms with Crippen LogP contribution in [-0.4, -0.2) is 21.0 Å². The Bertz CT molecular complexity index is 389. The molecular formula is C13H21ClN2O. The van der Waals surface area contributed by atoms with Crippen LogP contribution in [0.25, 0.3) is 0 Å². The molecule has 1 heterocycles. The predicted octanol–water partition coefficient (Wildman–Crippen LogP) is 2.87. The summed E-state index contributed by atoms with van der Waals surface area (Å²) in [5.41, 5.74) is 2.11. The Balaban J connectivity index is 2.13. The highest BCUT2D eigenvalue weighted by Crippen LogP contribution is 2.30. The van der Waals surface area contributed by atoms with Crippen LogP contribution < -0.4 is 0 Å². The third-order valence-electron chi connectivity index (χ3n) is 3.86. The van der Waals surface area contributed by atoms with Gasteiger partial charge in [0.05, 0.1) is 11.8 Å². The van der Waals surface area contributed by atoms with Gasteiger partial charge in [-0.1, -0.05) is 30.9 Å². The lowest BCUT2D eigenvalue weighted by molar-refractivity contribution is 0.101. The average Bonchev–Trinajstić information content (AvgIpc) is 2.45. The molecule has 0 bridgehead atoms. The fraction of sp³-hybridized carbons (Fsp3) is 0.769. The van der Waals surface area contributed by atoms with Crippen LogP contribution in [0.3, 0.4) is 0 Å². The molecule has 1 aromatic rings. The van der Waals surface area contributed by atoms with Crippen molar-refractivity contribution in [2.75, 3.05) is 0 Å². The normalized spacial score (nSPS) is 25.9. The van der Waals surface area contributed by atoms with Crippen LogP contribution in [0.15, 0.2) is 0 Å². The zero-order valence-corrected chi connectivity index (χ0v) is 11.4. The van der Waals surface area contributed by atoms with Crippen LogP contribution in [-0.2, 0) is 13.5 Å². The minimum Gasteiger partial charge on any atom is -0.393 e. The Morgan fingerprint density at radius 3 is 2.71 bits per heavy atom. The Morgan fingerprint density at radius 2 is 2.06 bits per heavy atom. The van der Waals surface area contributed by atoms with E-state index in [1.165, 1.54) is 12.8 Å². The smallest absolute Gasteiger partial charge is 0.130 e. The van der Waals surface area contributed by atoms with Gasteiger partial charge in [0.15, 0.2) is 0 Å². The molecule has 4 heteroatoms. The summed E-state index contributed by atoms with van der Waals surface area (Å²) in [7, 11) is 1.86. The second-order valence-electron chi connectivity index (χ2n) is 5.15. The van der Waals surface area contributed by atoms with Crippen LogP contribution in [0.5, 0.6) is 0 Å². The third kappa shape index (κ3) is 2.83. The van der Waals surface area contributed by atoms with Crippen molar-refractivity contribution in [2.45, 2.75) is 51.6 Å². The number of aromatic nitrogens is 2. The van der Waals surface area contributed by atoms with E-state index in [1.54, 1.807) is 4.68 Å². The highest BCUT2D eigenvalue weighted by molar-refractivity contribution is 6.30. The van der Waals surface area contributed by atoms with Gasteiger partial charge in [-0.15, -0.1) is 0 Å².